The maximum atomic E-state index is 13.8. The van der Waals surface area contributed by atoms with Crippen LogP contribution in [-0.4, -0.2) is 47.2 Å². The molecule has 0 N–H and O–H groups in total. The normalized spacial score (nSPS) is 12.0. The average molecular weight is 494 g/mol. The third-order valence-corrected chi connectivity index (χ3v) is 6.33. The van der Waals surface area contributed by atoms with Gasteiger partial charge in [0.2, 0.25) is 5.91 Å². The Labute approximate surface area is 214 Å². The lowest BCUT2D eigenvalue weighted by Gasteiger charge is -2.32. The summed E-state index contributed by atoms with van der Waals surface area (Å²) in [6.07, 6.45) is 4.75. The molecule has 0 saturated heterocycles. The van der Waals surface area contributed by atoms with E-state index in [1.807, 2.05) is 61.2 Å². The lowest BCUT2D eigenvalue weighted by atomic mass is 10.1. The van der Waals surface area contributed by atoms with E-state index in [2.05, 4.69) is 6.92 Å². The Morgan fingerprint density at radius 2 is 1.78 bits per heavy atom. The van der Waals surface area contributed by atoms with Crippen LogP contribution in [0.4, 0.5) is 0 Å². The molecule has 0 fully saturated rings. The molecule has 1 atom stereocenters. The first-order valence-corrected chi connectivity index (χ1v) is 13.1. The van der Waals surface area contributed by atoms with E-state index in [1.165, 1.54) is 0 Å². The van der Waals surface area contributed by atoms with Crippen LogP contribution in [0.5, 0.6) is 5.75 Å². The summed E-state index contributed by atoms with van der Waals surface area (Å²) in [6.45, 7) is 7.78. The van der Waals surface area contributed by atoms with E-state index in [-0.39, 0.29) is 17.5 Å². The Bertz CT molecular complexity index is 1170. The van der Waals surface area contributed by atoms with Crippen molar-refractivity contribution in [3.63, 3.8) is 0 Å². The van der Waals surface area contributed by atoms with Crippen molar-refractivity contribution in [2.75, 3.05) is 26.9 Å². The molecule has 0 aliphatic heterocycles. The smallest absolute Gasteiger partial charge is 0.266 e. The number of rotatable bonds is 14. The summed E-state index contributed by atoms with van der Waals surface area (Å²) in [6, 6.07) is 14.5. The highest BCUT2D eigenvalue weighted by atomic mass is 16.5. The van der Waals surface area contributed by atoms with Crippen molar-refractivity contribution in [3.8, 4) is 11.4 Å². The van der Waals surface area contributed by atoms with Crippen molar-refractivity contribution >= 4 is 16.8 Å². The highest BCUT2D eigenvalue weighted by Gasteiger charge is 2.28. The van der Waals surface area contributed by atoms with Crippen LogP contribution in [0.1, 0.15) is 71.2 Å². The van der Waals surface area contributed by atoms with Crippen molar-refractivity contribution in [1.29, 1.82) is 0 Å². The number of hydrogen-bond donors (Lipinski definition) is 0. The third-order valence-electron chi connectivity index (χ3n) is 6.33. The van der Waals surface area contributed by atoms with E-state index in [0.29, 0.717) is 61.4 Å². The molecule has 0 aliphatic carbocycles. The largest absolute Gasteiger partial charge is 0.494 e. The maximum absolute atomic E-state index is 13.8. The molecule has 194 valence electrons. The minimum Gasteiger partial charge on any atom is -0.494 e. The van der Waals surface area contributed by atoms with Gasteiger partial charge in [-0.1, -0.05) is 38.8 Å². The van der Waals surface area contributed by atoms with Crippen molar-refractivity contribution in [3.05, 3.63) is 64.7 Å². The lowest BCUT2D eigenvalue weighted by molar-refractivity contribution is -0.134. The number of methoxy groups -OCH3 is 1. The second kappa shape index (κ2) is 13.8. The molecule has 1 unspecified atom stereocenters. The Balaban J connectivity index is 2.15. The number of amides is 1. The Kier molecular flexibility index (Phi) is 10.5. The minimum absolute atomic E-state index is 0.0899. The van der Waals surface area contributed by atoms with E-state index in [0.717, 1.165) is 25.0 Å². The van der Waals surface area contributed by atoms with Gasteiger partial charge in [-0.15, -0.1) is 0 Å². The van der Waals surface area contributed by atoms with Crippen LogP contribution in [0.2, 0.25) is 0 Å². The molecular weight excluding hydrogens is 454 g/mol. The molecule has 0 spiro atoms. The highest BCUT2D eigenvalue weighted by molar-refractivity contribution is 5.79. The van der Waals surface area contributed by atoms with Gasteiger partial charge in [-0.25, -0.2) is 4.98 Å². The monoisotopic (exact) mass is 493 g/mol. The SMILES string of the molecule is CCCCCC(=O)N(CCCOC)C(CC)c1nc2ccccc2c(=O)n1-c1ccc(OCC)cc1. The van der Waals surface area contributed by atoms with Gasteiger partial charge in [-0.2, -0.15) is 0 Å². The Hall–Kier alpha value is -3.19. The lowest BCUT2D eigenvalue weighted by Crippen LogP contribution is -2.39. The molecule has 36 heavy (non-hydrogen) atoms. The number of hydrogen-bond acceptors (Lipinski definition) is 5. The standard InChI is InChI=1S/C29H39N3O4/c1-5-8-9-15-27(33)31(20-12-21-35-4)26(6-2)28-30-25-14-11-10-13-24(25)29(34)32(28)22-16-18-23(19-17-22)36-7-3/h10-11,13-14,16-19,26H,5-9,12,15,20-21H2,1-4H3. The number of carbonyl (C=O) groups excluding carboxylic acids is 1. The summed E-state index contributed by atoms with van der Waals surface area (Å²) < 4.78 is 12.5. The minimum atomic E-state index is -0.347. The summed E-state index contributed by atoms with van der Waals surface area (Å²) in [5.74, 6) is 1.41. The molecule has 1 heterocycles. The van der Waals surface area contributed by atoms with Gasteiger partial charge in [0.05, 0.1) is 29.2 Å². The molecule has 2 aromatic carbocycles. The van der Waals surface area contributed by atoms with E-state index in [1.54, 1.807) is 17.7 Å². The number of fused-ring (bicyclic) bond motifs is 1. The zero-order valence-electron chi connectivity index (χ0n) is 22.0. The fourth-order valence-corrected chi connectivity index (χ4v) is 4.53. The average Bonchev–Trinajstić information content (AvgIpc) is 2.89. The summed E-state index contributed by atoms with van der Waals surface area (Å²) >= 11 is 0. The topological polar surface area (TPSA) is 73.7 Å². The van der Waals surface area contributed by atoms with Gasteiger partial charge >= 0.3 is 0 Å². The van der Waals surface area contributed by atoms with Gasteiger partial charge < -0.3 is 14.4 Å². The van der Waals surface area contributed by atoms with Crippen molar-refractivity contribution < 1.29 is 14.3 Å². The van der Waals surface area contributed by atoms with Crippen LogP contribution in [-0.2, 0) is 9.53 Å². The molecule has 1 amide bonds. The predicted octanol–water partition coefficient (Wildman–Crippen LogP) is 5.68. The number of para-hydroxylation sites is 1. The van der Waals surface area contributed by atoms with Crippen molar-refractivity contribution in [2.45, 2.75) is 65.3 Å². The number of carbonyl (C=O) groups is 1. The van der Waals surface area contributed by atoms with Crippen LogP contribution in [0.25, 0.3) is 16.6 Å². The molecule has 7 heteroatoms. The Morgan fingerprint density at radius 3 is 2.44 bits per heavy atom. The van der Waals surface area contributed by atoms with E-state index in [9.17, 15) is 9.59 Å². The first-order valence-electron chi connectivity index (χ1n) is 13.1. The molecular formula is C29H39N3O4. The molecule has 0 radical (unpaired) electrons. The fourth-order valence-electron chi connectivity index (χ4n) is 4.53. The second-order valence-corrected chi connectivity index (χ2v) is 8.87. The summed E-state index contributed by atoms with van der Waals surface area (Å²) in [4.78, 5) is 34.1. The summed E-state index contributed by atoms with van der Waals surface area (Å²) in [5.41, 5.74) is 1.19. The number of aromatic nitrogens is 2. The second-order valence-electron chi connectivity index (χ2n) is 8.87. The van der Waals surface area contributed by atoms with E-state index >= 15 is 0 Å². The maximum Gasteiger partial charge on any atom is 0.266 e. The van der Waals surface area contributed by atoms with Crippen LogP contribution < -0.4 is 10.3 Å². The van der Waals surface area contributed by atoms with Gasteiger partial charge in [0.25, 0.3) is 5.56 Å². The quantitative estimate of drug-likeness (QED) is 0.270. The summed E-state index contributed by atoms with van der Waals surface area (Å²) in [5, 5.41) is 0.546. The van der Waals surface area contributed by atoms with Crippen LogP contribution in [0.15, 0.2) is 53.3 Å². The first kappa shape index (κ1) is 27.4. The number of ether oxygens (including phenoxy) is 2. The molecule has 1 aromatic heterocycles. The number of nitrogens with zero attached hydrogens (tertiary/aromatic N) is 3. The van der Waals surface area contributed by atoms with Crippen LogP contribution >= 0.6 is 0 Å². The number of unbranched alkanes of at least 4 members (excludes halogenated alkanes) is 2. The van der Waals surface area contributed by atoms with Gasteiger partial charge in [0, 0.05) is 26.7 Å². The summed E-state index contributed by atoms with van der Waals surface area (Å²) in [7, 11) is 1.67. The zero-order chi connectivity index (χ0) is 25.9. The number of benzene rings is 2. The van der Waals surface area contributed by atoms with Crippen LogP contribution in [0.3, 0.4) is 0 Å². The van der Waals surface area contributed by atoms with E-state index < -0.39 is 0 Å². The van der Waals surface area contributed by atoms with Crippen molar-refractivity contribution in [2.24, 2.45) is 0 Å². The highest BCUT2D eigenvalue weighted by Crippen LogP contribution is 2.28. The molecule has 3 aromatic rings. The molecule has 0 aliphatic rings. The van der Waals surface area contributed by atoms with Crippen LogP contribution in [0, 0.1) is 0 Å². The molecule has 0 bridgehead atoms. The fraction of sp³-hybridized carbons (Fsp3) is 0.483. The van der Waals surface area contributed by atoms with Gasteiger partial charge in [0.15, 0.2) is 0 Å². The Morgan fingerprint density at radius 1 is 1.03 bits per heavy atom. The first-order chi connectivity index (χ1) is 17.5. The third kappa shape index (κ3) is 6.52. The van der Waals surface area contributed by atoms with Crippen molar-refractivity contribution in [1.82, 2.24) is 14.5 Å². The molecule has 3 rings (SSSR count). The van der Waals surface area contributed by atoms with E-state index in [4.69, 9.17) is 14.5 Å². The molecule has 0 saturated carbocycles. The van der Waals surface area contributed by atoms with Gasteiger partial charge in [0.1, 0.15) is 11.6 Å². The predicted molar refractivity (Wildman–Crippen MR) is 144 cm³/mol. The van der Waals surface area contributed by atoms with Gasteiger partial charge in [-0.3, -0.25) is 14.2 Å². The van der Waals surface area contributed by atoms with Gasteiger partial charge in [-0.05, 0) is 62.6 Å². The zero-order valence-corrected chi connectivity index (χ0v) is 22.0. The molecule has 7 nitrogen and oxygen atoms in total.